The zero-order valence-electron chi connectivity index (χ0n) is 12.7. The second-order valence-corrected chi connectivity index (χ2v) is 5.23. The van der Waals surface area contributed by atoms with Crippen LogP contribution < -0.4 is 5.32 Å². The van der Waals surface area contributed by atoms with Crippen LogP contribution in [0.3, 0.4) is 0 Å². The Kier molecular flexibility index (Phi) is 4.17. The molecule has 0 aromatic heterocycles. The van der Waals surface area contributed by atoms with E-state index in [9.17, 15) is 19.7 Å². The van der Waals surface area contributed by atoms with Crippen LogP contribution in [0.1, 0.15) is 32.4 Å². The molecule has 0 amide bonds. The lowest BCUT2D eigenvalue weighted by Crippen LogP contribution is -2.12. The minimum absolute atomic E-state index is 0.0997. The number of carbonyl (C=O) groups is 2. The van der Waals surface area contributed by atoms with Crippen LogP contribution in [0, 0.1) is 10.1 Å². The Hall–Kier alpha value is -3.68. The molecule has 2 N–H and O–H groups in total. The molecule has 0 radical (unpaired) electrons. The maximum atomic E-state index is 11.8. The zero-order chi connectivity index (χ0) is 18.0. The molecule has 0 aliphatic carbocycles. The summed E-state index contributed by atoms with van der Waals surface area (Å²) in [5.74, 6) is -1.68. The van der Waals surface area contributed by atoms with Gasteiger partial charge in [-0.3, -0.25) is 10.1 Å². The van der Waals surface area contributed by atoms with Crippen LogP contribution in [0.5, 0.6) is 0 Å². The highest BCUT2D eigenvalue weighted by atomic mass is 16.6. The number of carboxylic acids is 1. The lowest BCUT2D eigenvalue weighted by atomic mass is 10.0. The molecule has 0 bridgehead atoms. The van der Waals surface area contributed by atoms with Gasteiger partial charge in [-0.15, -0.1) is 0 Å². The topological polar surface area (TPSA) is 119 Å². The average molecular weight is 340 g/mol. The van der Waals surface area contributed by atoms with Gasteiger partial charge in [0.2, 0.25) is 6.10 Å². The van der Waals surface area contributed by atoms with Crippen molar-refractivity contribution in [1.82, 2.24) is 0 Å². The maximum absolute atomic E-state index is 11.8. The Bertz CT molecular complexity index is 888. The maximum Gasteiger partial charge on any atom is 0.339 e. The molecule has 1 atom stereocenters. The van der Waals surface area contributed by atoms with E-state index < -0.39 is 23.0 Å². The number of cyclic esters (lactones) is 1. The van der Waals surface area contributed by atoms with Gasteiger partial charge < -0.3 is 15.2 Å². The van der Waals surface area contributed by atoms with Crippen LogP contribution in [-0.4, -0.2) is 22.0 Å². The SMILES string of the molecule is O=C(O)c1ccc(NC=C([C@@H]2OC(=O)c3ccccc32)[N+](=O)[O-])cc1. The van der Waals surface area contributed by atoms with Crippen molar-refractivity contribution in [2.45, 2.75) is 6.10 Å². The Morgan fingerprint density at radius 1 is 1.20 bits per heavy atom. The number of rotatable bonds is 5. The predicted octanol–water partition coefficient (Wildman–Crippen LogP) is 2.83. The summed E-state index contributed by atoms with van der Waals surface area (Å²) >= 11 is 0. The summed E-state index contributed by atoms with van der Waals surface area (Å²) in [6.07, 6.45) is 0.0278. The fraction of sp³-hybridized carbons (Fsp3) is 0.0588. The van der Waals surface area contributed by atoms with Gasteiger partial charge in [-0.1, -0.05) is 18.2 Å². The van der Waals surface area contributed by atoms with Gasteiger partial charge in [-0.25, -0.2) is 9.59 Å². The first kappa shape index (κ1) is 16.2. The number of ether oxygens (including phenoxy) is 1. The third kappa shape index (κ3) is 3.18. The number of nitrogens with zero attached hydrogens (tertiary/aromatic N) is 1. The van der Waals surface area contributed by atoms with Crippen molar-refractivity contribution in [3.05, 3.63) is 87.2 Å². The summed E-state index contributed by atoms with van der Waals surface area (Å²) in [5, 5.41) is 23.0. The van der Waals surface area contributed by atoms with Crippen LogP contribution in [0.2, 0.25) is 0 Å². The quantitative estimate of drug-likeness (QED) is 0.488. The molecule has 25 heavy (non-hydrogen) atoms. The zero-order valence-corrected chi connectivity index (χ0v) is 12.7. The van der Waals surface area contributed by atoms with E-state index in [4.69, 9.17) is 9.84 Å². The molecular weight excluding hydrogens is 328 g/mol. The number of anilines is 1. The minimum atomic E-state index is -1.11. The molecule has 1 aliphatic rings. The van der Waals surface area contributed by atoms with Gasteiger partial charge in [0.25, 0.3) is 0 Å². The number of esters is 1. The molecule has 126 valence electrons. The number of carboxylic acid groups (broad SMARTS) is 1. The summed E-state index contributed by atoms with van der Waals surface area (Å²) in [5.41, 5.74) is 0.954. The van der Waals surface area contributed by atoms with E-state index in [1.54, 1.807) is 24.3 Å². The van der Waals surface area contributed by atoms with Crippen molar-refractivity contribution in [3.8, 4) is 0 Å². The number of nitrogens with one attached hydrogen (secondary N) is 1. The van der Waals surface area contributed by atoms with Crippen LogP contribution in [0.4, 0.5) is 5.69 Å². The average Bonchev–Trinajstić information content (AvgIpc) is 2.92. The van der Waals surface area contributed by atoms with Gasteiger partial charge >= 0.3 is 17.6 Å². The van der Waals surface area contributed by atoms with Crippen LogP contribution in [-0.2, 0) is 4.74 Å². The summed E-state index contributed by atoms with van der Waals surface area (Å²) in [7, 11) is 0. The lowest BCUT2D eigenvalue weighted by Gasteiger charge is -2.09. The largest absolute Gasteiger partial charge is 0.478 e. The Balaban J connectivity index is 1.87. The number of benzene rings is 2. The normalized spacial score (nSPS) is 16.1. The van der Waals surface area contributed by atoms with Crippen molar-refractivity contribution in [2.24, 2.45) is 0 Å². The first-order chi connectivity index (χ1) is 12.0. The second-order valence-electron chi connectivity index (χ2n) is 5.23. The standard InChI is InChI=1S/C17H12N2O6/c20-16(21)10-5-7-11(8-6-10)18-9-14(19(23)24)15-12-3-1-2-4-13(12)17(22)25-15/h1-9,15,18H,(H,20,21)/t15-/m1/s1. The number of carbonyl (C=O) groups excluding carboxylic acids is 1. The number of nitro groups is 1. The molecule has 1 aliphatic heterocycles. The van der Waals surface area contributed by atoms with E-state index in [0.717, 1.165) is 6.20 Å². The van der Waals surface area contributed by atoms with E-state index in [-0.39, 0.29) is 11.3 Å². The molecule has 8 nitrogen and oxygen atoms in total. The molecule has 3 rings (SSSR count). The molecular formula is C17H12N2O6. The summed E-state index contributed by atoms with van der Waals surface area (Å²) in [6, 6.07) is 12.2. The van der Waals surface area contributed by atoms with E-state index >= 15 is 0 Å². The fourth-order valence-corrected chi connectivity index (χ4v) is 2.46. The van der Waals surface area contributed by atoms with E-state index in [1.165, 1.54) is 24.3 Å². The van der Waals surface area contributed by atoms with Crippen molar-refractivity contribution < 1.29 is 24.4 Å². The highest BCUT2D eigenvalue weighted by molar-refractivity contribution is 5.94. The van der Waals surface area contributed by atoms with E-state index in [0.29, 0.717) is 16.8 Å². The van der Waals surface area contributed by atoms with Gasteiger partial charge in [0, 0.05) is 11.3 Å². The second kappa shape index (κ2) is 6.44. The summed E-state index contributed by atoms with van der Waals surface area (Å²) in [6.45, 7) is 0. The molecule has 0 fully saturated rings. The number of hydrogen-bond acceptors (Lipinski definition) is 6. The Morgan fingerprint density at radius 2 is 1.88 bits per heavy atom. The fourth-order valence-electron chi connectivity index (χ4n) is 2.46. The molecule has 8 heteroatoms. The highest BCUT2D eigenvalue weighted by Crippen LogP contribution is 2.35. The van der Waals surface area contributed by atoms with Gasteiger partial charge in [-0.2, -0.15) is 0 Å². The summed E-state index contributed by atoms with van der Waals surface area (Å²) < 4.78 is 5.13. The van der Waals surface area contributed by atoms with Crippen molar-refractivity contribution in [1.29, 1.82) is 0 Å². The molecule has 0 saturated carbocycles. The van der Waals surface area contributed by atoms with Crippen LogP contribution in [0.15, 0.2) is 60.4 Å². The first-order valence-corrected chi connectivity index (χ1v) is 7.21. The number of aromatic carboxylic acids is 1. The molecule has 0 saturated heterocycles. The van der Waals surface area contributed by atoms with Crippen molar-refractivity contribution >= 4 is 17.6 Å². The molecule has 2 aromatic rings. The number of hydrogen-bond donors (Lipinski definition) is 2. The van der Waals surface area contributed by atoms with Gasteiger partial charge in [0.1, 0.15) is 0 Å². The third-order valence-electron chi connectivity index (χ3n) is 3.69. The Morgan fingerprint density at radius 3 is 2.52 bits per heavy atom. The molecule has 2 aromatic carbocycles. The van der Waals surface area contributed by atoms with E-state index in [2.05, 4.69) is 5.32 Å². The Labute approximate surface area is 141 Å². The molecule has 0 unspecified atom stereocenters. The van der Waals surface area contributed by atoms with Gasteiger partial charge in [0.15, 0.2) is 0 Å². The summed E-state index contributed by atoms with van der Waals surface area (Å²) in [4.78, 5) is 33.4. The molecule has 1 heterocycles. The first-order valence-electron chi connectivity index (χ1n) is 7.21. The predicted molar refractivity (Wildman–Crippen MR) is 86.7 cm³/mol. The van der Waals surface area contributed by atoms with Gasteiger partial charge in [0.05, 0.1) is 22.3 Å². The smallest absolute Gasteiger partial charge is 0.339 e. The minimum Gasteiger partial charge on any atom is -0.478 e. The monoisotopic (exact) mass is 340 g/mol. The third-order valence-corrected chi connectivity index (χ3v) is 3.69. The molecule has 0 spiro atoms. The van der Waals surface area contributed by atoms with Crippen LogP contribution >= 0.6 is 0 Å². The van der Waals surface area contributed by atoms with Crippen molar-refractivity contribution in [3.63, 3.8) is 0 Å². The van der Waals surface area contributed by atoms with E-state index in [1.807, 2.05) is 0 Å². The lowest BCUT2D eigenvalue weighted by molar-refractivity contribution is -0.436. The van der Waals surface area contributed by atoms with Crippen LogP contribution in [0.25, 0.3) is 0 Å². The van der Waals surface area contributed by atoms with Gasteiger partial charge in [-0.05, 0) is 30.3 Å². The number of fused-ring (bicyclic) bond motifs is 1. The highest BCUT2D eigenvalue weighted by Gasteiger charge is 2.39. The van der Waals surface area contributed by atoms with Crippen molar-refractivity contribution in [2.75, 3.05) is 5.32 Å².